The second-order valence-electron chi connectivity index (χ2n) is 8.74. The monoisotopic (exact) mass is 465 g/mol. The number of anilines is 1. The van der Waals surface area contributed by atoms with E-state index in [1.165, 1.54) is 35.0 Å². The van der Waals surface area contributed by atoms with Gasteiger partial charge in [0.15, 0.2) is 10.8 Å². The molecule has 1 amide bonds. The fraction of sp³-hybridized carbons (Fsp3) is 0.417. The highest BCUT2D eigenvalue weighted by atomic mass is 32.2. The minimum atomic E-state index is -0.0477. The molecule has 3 aromatic heterocycles. The molecule has 5 rings (SSSR count). The summed E-state index contributed by atoms with van der Waals surface area (Å²) in [4.78, 5) is 20.3. The molecule has 166 valence electrons. The maximum Gasteiger partial charge on any atom is 0.234 e. The van der Waals surface area contributed by atoms with Crippen molar-refractivity contribution in [3.63, 3.8) is 0 Å². The quantitative estimate of drug-likeness (QED) is 0.383. The number of carbonyl (C=O) groups is 1. The molecule has 0 atom stereocenters. The van der Waals surface area contributed by atoms with Crippen LogP contribution in [-0.4, -0.2) is 31.2 Å². The van der Waals surface area contributed by atoms with Gasteiger partial charge in [0.05, 0.1) is 11.1 Å². The summed E-state index contributed by atoms with van der Waals surface area (Å²) in [6, 6.07) is 5.95. The molecule has 0 fully saturated rings. The van der Waals surface area contributed by atoms with Gasteiger partial charge in [-0.2, -0.15) is 0 Å². The molecule has 1 aliphatic rings. The Morgan fingerprint density at radius 2 is 2.03 bits per heavy atom. The van der Waals surface area contributed by atoms with E-state index < -0.39 is 0 Å². The number of fused-ring (bicyclic) bond motifs is 5. The Bertz CT molecular complexity index is 1340. The zero-order valence-electron chi connectivity index (χ0n) is 18.9. The summed E-state index contributed by atoms with van der Waals surface area (Å²) < 4.78 is 2.07. The number of carbonyl (C=O) groups excluding carboxylic acids is 1. The van der Waals surface area contributed by atoms with Crippen LogP contribution < -0.4 is 5.32 Å². The number of thiophene rings is 1. The summed E-state index contributed by atoms with van der Waals surface area (Å²) in [5.74, 6) is 1.40. The van der Waals surface area contributed by atoms with Crippen molar-refractivity contribution in [2.75, 3.05) is 11.1 Å². The maximum atomic E-state index is 12.7. The molecule has 6 nitrogen and oxygen atoms in total. The van der Waals surface area contributed by atoms with E-state index in [-0.39, 0.29) is 17.6 Å². The number of thioether (sulfide) groups is 1. The van der Waals surface area contributed by atoms with E-state index in [0.717, 1.165) is 56.5 Å². The zero-order valence-corrected chi connectivity index (χ0v) is 20.5. The Morgan fingerprint density at radius 1 is 1.22 bits per heavy atom. The largest absolute Gasteiger partial charge is 0.325 e. The maximum absolute atomic E-state index is 12.7. The van der Waals surface area contributed by atoms with Crippen molar-refractivity contribution in [2.45, 2.75) is 64.5 Å². The van der Waals surface area contributed by atoms with Crippen molar-refractivity contribution < 1.29 is 4.79 Å². The Hall–Kier alpha value is -2.45. The number of hydrogen-bond donors (Lipinski definition) is 1. The molecule has 0 saturated heterocycles. The summed E-state index contributed by atoms with van der Waals surface area (Å²) in [6.45, 7) is 8.36. The fourth-order valence-corrected chi connectivity index (χ4v) is 6.34. The Kier molecular flexibility index (Phi) is 5.67. The third-order valence-electron chi connectivity index (χ3n) is 6.18. The second kappa shape index (κ2) is 8.48. The van der Waals surface area contributed by atoms with Gasteiger partial charge in [0.1, 0.15) is 10.7 Å². The average Bonchev–Trinajstić information content (AvgIpc) is 3.35. The second-order valence-corrected chi connectivity index (χ2v) is 10.8. The first-order valence-corrected chi connectivity index (χ1v) is 12.9. The molecule has 32 heavy (non-hydrogen) atoms. The van der Waals surface area contributed by atoms with Crippen LogP contribution >= 0.6 is 23.1 Å². The van der Waals surface area contributed by atoms with Crippen LogP contribution in [0.1, 0.15) is 60.0 Å². The normalized spacial score (nSPS) is 13.8. The van der Waals surface area contributed by atoms with E-state index in [2.05, 4.69) is 33.8 Å². The van der Waals surface area contributed by atoms with Crippen molar-refractivity contribution in [2.24, 2.45) is 0 Å². The summed E-state index contributed by atoms with van der Waals surface area (Å²) in [5, 5.41) is 14.0. The smallest absolute Gasteiger partial charge is 0.234 e. The molecule has 1 aromatic carbocycles. The molecular formula is C24H27N5OS2. The summed E-state index contributed by atoms with van der Waals surface area (Å²) in [7, 11) is 0. The summed E-state index contributed by atoms with van der Waals surface area (Å²) in [6.07, 6.45) is 4.68. The molecule has 3 heterocycles. The highest BCUT2D eigenvalue weighted by Gasteiger charge is 2.24. The van der Waals surface area contributed by atoms with E-state index in [4.69, 9.17) is 4.98 Å². The predicted octanol–water partition coefficient (Wildman–Crippen LogP) is 5.69. The number of hydrogen-bond acceptors (Lipinski definition) is 6. The molecule has 8 heteroatoms. The van der Waals surface area contributed by atoms with Gasteiger partial charge in [-0.1, -0.05) is 37.7 Å². The van der Waals surface area contributed by atoms with Crippen LogP contribution in [0.15, 0.2) is 23.4 Å². The van der Waals surface area contributed by atoms with Crippen LogP contribution in [0.2, 0.25) is 0 Å². The molecule has 0 bridgehead atoms. The third-order valence-corrected chi connectivity index (χ3v) is 8.30. The molecule has 0 radical (unpaired) electrons. The van der Waals surface area contributed by atoms with Crippen LogP contribution in [0, 0.1) is 13.8 Å². The molecular weight excluding hydrogens is 438 g/mol. The SMILES string of the molecule is Cc1cccc(NC(=O)CSc2nnc3c4c5c(sc4nc(C(C)C)n23)CCCC5)c1C. The molecule has 0 unspecified atom stereocenters. The van der Waals surface area contributed by atoms with E-state index in [1.54, 1.807) is 0 Å². The minimum absolute atomic E-state index is 0.0477. The zero-order chi connectivity index (χ0) is 22.4. The first-order valence-electron chi connectivity index (χ1n) is 11.1. The Balaban J connectivity index is 1.48. The first kappa shape index (κ1) is 21.4. The summed E-state index contributed by atoms with van der Waals surface area (Å²) in [5.41, 5.74) is 5.40. The average molecular weight is 466 g/mol. The van der Waals surface area contributed by atoms with E-state index >= 15 is 0 Å². The number of amides is 1. The van der Waals surface area contributed by atoms with E-state index in [1.807, 2.05) is 43.4 Å². The van der Waals surface area contributed by atoms with Gasteiger partial charge in [0.25, 0.3) is 0 Å². The molecule has 0 spiro atoms. The van der Waals surface area contributed by atoms with Gasteiger partial charge in [0, 0.05) is 16.5 Å². The lowest BCUT2D eigenvalue weighted by molar-refractivity contribution is -0.113. The third kappa shape index (κ3) is 3.69. The molecule has 0 saturated carbocycles. The summed E-state index contributed by atoms with van der Waals surface area (Å²) >= 11 is 3.23. The van der Waals surface area contributed by atoms with Crippen molar-refractivity contribution in [1.82, 2.24) is 19.6 Å². The van der Waals surface area contributed by atoms with Gasteiger partial charge in [-0.15, -0.1) is 21.5 Å². The van der Waals surface area contributed by atoms with Crippen LogP contribution in [-0.2, 0) is 17.6 Å². The first-order chi connectivity index (χ1) is 15.4. The van der Waals surface area contributed by atoms with Crippen molar-refractivity contribution in [3.05, 3.63) is 45.6 Å². The topological polar surface area (TPSA) is 72.2 Å². The van der Waals surface area contributed by atoms with Gasteiger partial charge < -0.3 is 5.32 Å². The predicted molar refractivity (Wildman–Crippen MR) is 132 cm³/mol. The molecule has 1 aliphatic carbocycles. The van der Waals surface area contributed by atoms with Gasteiger partial charge in [0.2, 0.25) is 5.91 Å². The number of aromatic nitrogens is 4. The molecule has 0 aliphatic heterocycles. The lowest BCUT2D eigenvalue weighted by Gasteiger charge is -2.13. The van der Waals surface area contributed by atoms with Gasteiger partial charge in [-0.05, 0) is 62.3 Å². The highest BCUT2D eigenvalue weighted by Crippen LogP contribution is 2.39. The van der Waals surface area contributed by atoms with Crippen LogP contribution in [0.25, 0.3) is 15.9 Å². The number of aryl methyl sites for hydroxylation is 3. The van der Waals surface area contributed by atoms with Crippen LogP contribution in [0.4, 0.5) is 5.69 Å². The van der Waals surface area contributed by atoms with Crippen LogP contribution in [0.5, 0.6) is 0 Å². The molecule has 1 N–H and O–H groups in total. The number of benzene rings is 1. The Labute approximate surface area is 195 Å². The van der Waals surface area contributed by atoms with Crippen molar-refractivity contribution in [3.8, 4) is 0 Å². The standard InChI is InChI=1S/C24H27N5OS2/c1-13(2)21-26-23-20(16-9-5-6-11-18(16)32-23)22-27-28-24(29(21)22)31-12-19(30)25-17-10-7-8-14(3)15(17)4/h7-8,10,13H,5-6,9,11-12H2,1-4H3,(H,25,30). The van der Waals surface area contributed by atoms with E-state index in [9.17, 15) is 4.79 Å². The number of rotatable bonds is 5. The van der Waals surface area contributed by atoms with E-state index in [0.29, 0.717) is 0 Å². The van der Waals surface area contributed by atoms with Gasteiger partial charge >= 0.3 is 0 Å². The highest BCUT2D eigenvalue weighted by molar-refractivity contribution is 7.99. The van der Waals surface area contributed by atoms with Crippen molar-refractivity contribution >= 4 is 50.6 Å². The number of nitrogens with zero attached hydrogens (tertiary/aromatic N) is 4. The lowest BCUT2D eigenvalue weighted by Crippen LogP contribution is -2.15. The molecule has 4 aromatic rings. The minimum Gasteiger partial charge on any atom is -0.325 e. The van der Waals surface area contributed by atoms with Crippen molar-refractivity contribution in [1.29, 1.82) is 0 Å². The Morgan fingerprint density at radius 3 is 2.84 bits per heavy atom. The van der Waals surface area contributed by atoms with Crippen LogP contribution in [0.3, 0.4) is 0 Å². The fourth-order valence-electron chi connectivity index (χ4n) is 4.34. The number of nitrogens with one attached hydrogen (secondary N) is 1. The lowest BCUT2D eigenvalue weighted by atomic mass is 9.97. The van der Waals surface area contributed by atoms with Gasteiger partial charge in [-0.3, -0.25) is 9.20 Å². The van der Waals surface area contributed by atoms with Gasteiger partial charge in [-0.25, -0.2) is 4.98 Å².